The van der Waals surface area contributed by atoms with Gasteiger partial charge in [0.1, 0.15) is 6.07 Å². The summed E-state index contributed by atoms with van der Waals surface area (Å²) in [5.74, 6) is 0. The second-order valence-electron chi connectivity index (χ2n) is 11.5. The molecule has 210 valence electrons. The van der Waals surface area contributed by atoms with Crippen LogP contribution in [0.4, 0.5) is 11.4 Å². The SMILES string of the molecule is Cc1ncc(C#N)c(Nc2ccc3[nH]ccc3c2C)c1/C=C/c1cccc(CN2CCC(N3CCCCC3)CC2)n1. The smallest absolute Gasteiger partial charge is 0.103 e. The molecular weight excluding hydrogens is 506 g/mol. The minimum absolute atomic E-state index is 0.512. The second-order valence-corrected chi connectivity index (χ2v) is 11.5. The number of aryl methyl sites for hydroxylation is 2. The minimum atomic E-state index is 0.512. The summed E-state index contributed by atoms with van der Waals surface area (Å²) < 4.78 is 0. The van der Waals surface area contributed by atoms with E-state index in [1.165, 1.54) is 45.2 Å². The largest absolute Gasteiger partial charge is 0.361 e. The molecule has 2 aliphatic heterocycles. The molecule has 0 amide bonds. The molecular formula is C34H39N7. The lowest BCUT2D eigenvalue weighted by atomic mass is 10.00. The van der Waals surface area contributed by atoms with Gasteiger partial charge in [0, 0.05) is 65.9 Å². The fourth-order valence-electron chi connectivity index (χ4n) is 6.40. The quantitative estimate of drug-likeness (QED) is 0.265. The van der Waals surface area contributed by atoms with Crippen LogP contribution >= 0.6 is 0 Å². The van der Waals surface area contributed by atoms with Crippen LogP contribution in [0.25, 0.3) is 23.1 Å². The van der Waals surface area contributed by atoms with Gasteiger partial charge < -0.3 is 15.2 Å². The Hall–Kier alpha value is -3.99. The van der Waals surface area contributed by atoms with Crippen molar-refractivity contribution in [1.29, 1.82) is 5.26 Å². The highest BCUT2D eigenvalue weighted by Gasteiger charge is 2.25. The number of aromatic nitrogens is 3. The van der Waals surface area contributed by atoms with E-state index in [1.807, 2.05) is 31.3 Å². The highest BCUT2D eigenvalue weighted by molar-refractivity contribution is 5.90. The van der Waals surface area contributed by atoms with Crippen LogP contribution < -0.4 is 5.32 Å². The highest BCUT2D eigenvalue weighted by atomic mass is 15.2. The molecule has 2 fully saturated rings. The van der Waals surface area contributed by atoms with Crippen LogP contribution in [0.5, 0.6) is 0 Å². The molecule has 7 nitrogen and oxygen atoms in total. The topological polar surface area (TPSA) is 83.9 Å². The minimum Gasteiger partial charge on any atom is -0.361 e. The van der Waals surface area contributed by atoms with Crippen molar-refractivity contribution in [3.8, 4) is 6.07 Å². The zero-order valence-corrected chi connectivity index (χ0v) is 24.2. The predicted molar refractivity (Wildman–Crippen MR) is 167 cm³/mol. The number of anilines is 2. The van der Waals surface area contributed by atoms with E-state index >= 15 is 0 Å². The molecule has 7 heteroatoms. The summed E-state index contributed by atoms with van der Waals surface area (Å²) in [6.07, 6.45) is 14.3. The Balaban J connectivity index is 1.18. The molecule has 41 heavy (non-hydrogen) atoms. The summed E-state index contributed by atoms with van der Waals surface area (Å²) in [5, 5.41) is 14.6. The number of aromatic amines is 1. The van der Waals surface area contributed by atoms with Crippen molar-refractivity contribution in [2.45, 2.75) is 58.5 Å². The van der Waals surface area contributed by atoms with Crippen molar-refractivity contribution in [3.05, 3.63) is 82.6 Å². The Morgan fingerprint density at radius 2 is 1.85 bits per heavy atom. The maximum Gasteiger partial charge on any atom is 0.103 e. The van der Waals surface area contributed by atoms with E-state index in [9.17, 15) is 5.26 Å². The van der Waals surface area contributed by atoms with Crippen molar-refractivity contribution < 1.29 is 0 Å². The summed E-state index contributed by atoms with van der Waals surface area (Å²) >= 11 is 0. The van der Waals surface area contributed by atoms with Gasteiger partial charge in [0.05, 0.1) is 22.6 Å². The van der Waals surface area contributed by atoms with Crippen molar-refractivity contribution in [1.82, 2.24) is 24.8 Å². The van der Waals surface area contributed by atoms with Gasteiger partial charge in [0.2, 0.25) is 0 Å². The van der Waals surface area contributed by atoms with E-state index in [0.29, 0.717) is 5.56 Å². The molecule has 0 saturated carbocycles. The number of fused-ring (bicyclic) bond motifs is 1. The third-order valence-electron chi connectivity index (χ3n) is 8.80. The average Bonchev–Trinajstić information content (AvgIpc) is 3.49. The summed E-state index contributed by atoms with van der Waals surface area (Å²) in [7, 11) is 0. The van der Waals surface area contributed by atoms with Crippen LogP contribution in [-0.2, 0) is 6.54 Å². The molecule has 4 aromatic rings. The summed E-state index contributed by atoms with van der Waals surface area (Å²) in [5.41, 5.74) is 8.23. The molecule has 2 saturated heterocycles. The van der Waals surface area contributed by atoms with Gasteiger partial charge in [-0.3, -0.25) is 14.9 Å². The normalized spacial score (nSPS) is 17.3. The van der Waals surface area contributed by atoms with Gasteiger partial charge in [0.15, 0.2) is 0 Å². The van der Waals surface area contributed by atoms with Gasteiger partial charge in [-0.25, -0.2) is 0 Å². The van der Waals surface area contributed by atoms with Crippen molar-refractivity contribution in [2.75, 3.05) is 31.5 Å². The van der Waals surface area contributed by atoms with Crippen LogP contribution in [0.2, 0.25) is 0 Å². The van der Waals surface area contributed by atoms with Crippen LogP contribution in [-0.4, -0.2) is 57.0 Å². The molecule has 0 bridgehead atoms. The standard InChI is InChI=1S/C34H39N7/c1-24-30-13-16-36-33(30)12-11-32(24)39-34-26(21-35)22-37-25(2)31(34)10-9-27-7-6-8-28(38-27)23-40-19-14-29(15-20-40)41-17-4-3-5-18-41/h6-13,16,22,29,36H,3-5,14-15,17-20,23H2,1-2H3,(H,37,39)/b10-9+. The van der Waals surface area contributed by atoms with Gasteiger partial charge in [-0.05, 0) is 101 Å². The van der Waals surface area contributed by atoms with Gasteiger partial charge in [0.25, 0.3) is 0 Å². The van der Waals surface area contributed by atoms with Crippen LogP contribution in [0, 0.1) is 25.2 Å². The lowest BCUT2D eigenvalue weighted by Crippen LogP contribution is -2.46. The Morgan fingerprint density at radius 3 is 2.66 bits per heavy atom. The van der Waals surface area contributed by atoms with Gasteiger partial charge in [-0.2, -0.15) is 5.26 Å². The number of H-pyrrole nitrogens is 1. The maximum absolute atomic E-state index is 9.91. The molecule has 0 radical (unpaired) electrons. The number of nitriles is 1. The predicted octanol–water partition coefficient (Wildman–Crippen LogP) is 6.81. The summed E-state index contributed by atoms with van der Waals surface area (Å²) in [6.45, 7) is 9.80. The van der Waals surface area contributed by atoms with E-state index in [1.54, 1.807) is 6.20 Å². The molecule has 2 N–H and O–H groups in total. The van der Waals surface area contributed by atoms with Crippen LogP contribution in [0.3, 0.4) is 0 Å². The summed E-state index contributed by atoms with van der Waals surface area (Å²) in [6, 6.07) is 15.5. The molecule has 0 unspecified atom stereocenters. The lowest BCUT2D eigenvalue weighted by Gasteiger charge is -2.40. The van der Waals surface area contributed by atoms with Crippen LogP contribution in [0.1, 0.15) is 65.9 Å². The number of nitrogens with one attached hydrogen (secondary N) is 2. The third kappa shape index (κ3) is 6.04. The summed E-state index contributed by atoms with van der Waals surface area (Å²) in [4.78, 5) is 18.0. The van der Waals surface area contributed by atoms with E-state index in [4.69, 9.17) is 4.98 Å². The van der Waals surface area contributed by atoms with Crippen molar-refractivity contribution >= 4 is 34.4 Å². The zero-order valence-electron chi connectivity index (χ0n) is 24.2. The number of pyridine rings is 2. The fraction of sp³-hybridized carbons (Fsp3) is 0.382. The first-order valence-corrected chi connectivity index (χ1v) is 14.9. The molecule has 3 aromatic heterocycles. The number of nitrogens with zero attached hydrogens (tertiary/aromatic N) is 5. The highest BCUT2D eigenvalue weighted by Crippen LogP contribution is 2.32. The first-order chi connectivity index (χ1) is 20.1. The Morgan fingerprint density at radius 1 is 1.02 bits per heavy atom. The lowest BCUT2D eigenvalue weighted by molar-refractivity contribution is 0.0891. The van der Waals surface area contributed by atoms with Crippen molar-refractivity contribution in [2.24, 2.45) is 0 Å². The number of rotatable bonds is 7. The van der Waals surface area contributed by atoms with Gasteiger partial charge >= 0.3 is 0 Å². The number of hydrogen-bond donors (Lipinski definition) is 2. The maximum atomic E-state index is 9.91. The van der Waals surface area contributed by atoms with Gasteiger partial charge in [-0.15, -0.1) is 0 Å². The Bertz CT molecular complexity index is 1580. The molecule has 0 aliphatic carbocycles. The number of benzene rings is 1. The van der Waals surface area contributed by atoms with E-state index < -0.39 is 0 Å². The first kappa shape index (κ1) is 27.2. The first-order valence-electron chi connectivity index (χ1n) is 14.9. The Labute approximate surface area is 242 Å². The third-order valence-corrected chi connectivity index (χ3v) is 8.80. The average molecular weight is 546 g/mol. The molecule has 1 aromatic carbocycles. The molecule has 0 spiro atoms. The zero-order chi connectivity index (χ0) is 28.2. The Kier molecular flexibility index (Phi) is 8.13. The van der Waals surface area contributed by atoms with Gasteiger partial charge in [-0.1, -0.05) is 12.5 Å². The monoisotopic (exact) mass is 545 g/mol. The van der Waals surface area contributed by atoms with E-state index in [-0.39, 0.29) is 0 Å². The molecule has 5 heterocycles. The van der Waals surface area contributed by atoms with Crippen LogP contribution in [0.15, 0.2) is 48.8 Å². The number of hydrogen-bond acceptors (Lipinski definition) is 6. The number of piperidine rings is 2. The molecule has 2 aliphatic rings. The molecule has 0 atom stereocenters. The second kappa shape index (κ2) is 12.3. The van der Waals surface area contributed by atoms with Crippen molar-refractivity contribution in [3.63, 3.8) is 0 Å². The fourth-order valence-corrected chi connectivity index (χ4v) is 6.40. The van der Waals surface area contributed by atoms with E-state index in [0.717, 1.165) is 76.2 Å². The number of likely N-dealkylation sites (tertiary alicyclic amines) is 2. The molecule has 6 rings (SSSR count). The van der Waals surface area contributed by atoms with E-state index in [2.05, 4.69) is 68.4 Å².